The van der Waals surface area contributed by atoms with E-state index < -0.39 is 35.6 Å². The summed E-state index contributed by atoms with van der Waals surface area (Å²) in [5.74, 6) is -1.50. The Morgan fingerprint density at radius 3 is 2.61 bits per heavy atom. The van der Waals surface area contributed by atoms with E-state index in [1.54, 1.807) is 33.2 Å². The van der Waals surface area contributed by atoms with Gasteiger partial charge in [0, 0.05) is 24.7 Å². The lowest BCUT2D eigenvalue weighted by atomic mass is 9.73. The van der Waals surface area contributed by atoms with E-state index >= 15 is 0 Å². The number of ether oxygens (including phenoxy) is 1. The Bertz CT molecular complexity index is 845. The predicted molar refractivity (Wildman–Crippen MR) is 129 cm³/mol. The molecule has 0 fully saturated rings. The third-order valence-electron chi connectivity index (χ3n) is 6.74. The van der Waals surface area contributed by atoms with Crippen LogP contribution in [0.5, 0.6) is 0 Å². The number of hydrogen-bond acceptors (Lipinski definition) is 6. The first-order valence-corrected chi connectivity index (χ1v) is 11.9. The first-order valence-electron chi connectivity index (χ1n) is 11.9. The lowest BCUT2D eigenvalue weighted by molar-refractivity contribution is -0.153. The monoisotopic (exact) mass is 457 g/mol. The third kappa shape index (κ3) is 7.90. The summed E-state index contributed by atoms with van der Waals surface area (Å²) in [5.41, 5.74) is 0.896. The Morgan fingerprint density at radius 1 is 1.21 bits per heavy atom. The van der Waals surface area contributed by atoms with E-state index in [2.05, 4.69) is 11.1 Å². The number of aliphatic hydroxyl groups excluding tert-OH is 2. The van der Waals surface area contributed by atoms with Gasteiger partial charge in [0.15, 0.2) is 0 Å². The van der Waals surface area contributed by atoms with E-state index in [4.69, 9.17) is 4.74 Å². The Labute approximate surface area is 197 Å². The Morgan fingerprint density at radius 2 is 1.94 bits per heavy atom. The first-order chi connectivity index (χ1) is 15.5. The van der Waals surface area contributed by atoms with Gasteiger partial charge in [-0.15, -0.1) is 0 Å². The van der Waals surface area contributed by atoms with Crippen molar-refractivity contribution in [3.8, 4) is 0 Å². The smallest absolute Gasteiger partial charge is 0.309 e. The summed E-state index contributed by atoms with van der Waals surface area (Å²) in [7, 11) is 0. The molecule has 0 bridgehead atoms. The molecular weight excluding hydrogens is 418 g/mol. The highest BCUT2D eigenvalue weighted by molar-refractivity contribution is 5.88. The number of cyclic esters (lactones) is 1. The summed E-state index contributed by atoms with van der Waals surface area (Å²) >= 11 is 0. The Hall–Kier alpha value is -2.31. The van der Waals surface area contributed by atoms with Gasteiger partial charge in [0.2, 0.25) is 0 Å². The van der Waals surface area contributed by atoms with Crippen molar-refractivity contribution >= 4 is 17.8 Å². The van der Waals surface area contributed by atoms with Crippen LogP contribution in [0.25, 0.3) is 6.08 Å². The fraction of sp³-hybridized carbons (Fsp3) is 0.593. The highest BCUT2D eigenvalue weighted by Crippen LogP contribution is 2.32. The largest absolute Gasteiger partial charge is 0.458 e. The molecule has 0 spiro atoms. The molecule has 2 rings (SSSR count). The number of allylic oxidation sites excluding steroid dienone is 1. The van der Waals surface area contributed by atoms with Gasteiger partial charge in [0.05, 0.1) is 24.0 Å². The van der Waals surface area contributed by atoms with Gasteiger partial charge in [-0.25, -0.2) is 0 Å². The molecule has 6 nitrogen and oxygen atoms in total. The summed E-state index contributed by atoms with van der Waals surface area (Å²) < 4.78 is 5.67. The molecule has 0 radical (unpaired) electrons. The first kappa shape index (κ1) is 26.9. The van der Waals surface area contributed by atoms with Gasteiger partial charge in [-0.1, -0.05) is 51.5 Å². The molecule has 5 atom stereocenters. The van der Waals surface area contributed by atoms with Crippen molar-refractivity contribution in [1.82, 2.24) is 4.98 Å². The number of Topliss-reactive ketones (excluding diaryl/α,β-unsaturated/α-hetero) is 1. The summed E-state index contributed by atoms with van der Waals surface area (Å²) in [6.45, 7) is 8.94. The minimum Gasteiger partial charge on any atom is -0.458 e. The molecule has 0 amide bonds. The molecule has 1 aromatic heterocycles. The van der Waals surface area contributed by atoms with Crippen LogP contribution in [0, 0.1) is 17.3 Å². The maximum atomic E-state index is 13.1. The standard InChI is InChI=1S/C27H39NO5/c1-18-8-6-9-19(2)25(31)20(3)26(32)27(4,5)23(29)16-24(30)33-22(13-11-18)14-12-21-10-7-15-28-17-21/h7,10-12,14-15,17,19-20,22-23,25,29,31H,6,8-9,13,16H2,1-5H3/b14-12?,18-11+/t19-,20+,22-,23-,25-/m0/s1. The third-order valence-corrected chi connectivity index (χ3v) is 6.74. The Balaban J connectivity index is 2.27. The van der Waals surface area contributed by atoms with E-state index in [0.717, 1.165) is 24.8 Å². The molecule has 2 heterocycles. The number of carbonyl (C=O) groups is 2. The number of hydrogen-bond donors (Lipinski definition) is 2. The van der Waals surface area contributed by atoms with Crippen molar-refractivity contribution in [2.45, 2.75) is 85.0 Å². The molecule has 1 aromatic rings. The molecule has 33 heavy (non-hydrogen) atoms. The number of esters is 1. The van der Waals surface area contributed by atoms with Crippen LogP contribution in [0.1, 0.15) is 72.3 Å². The van der Waals surface area contributed by atoms with Crippen molar-refractivity contribution in [1.29, 1.82) is 0 Å². The van der Waals surface area contributed by atoms with Crippen molar-refractivity contribution < 1.29 is 24.5 Å². The summed E-state index contributed by atoms with van der Waals surface area (Å²) in [6.07, 6.45) is 9.46. The van der Waals surface area contributed by atoms with E-state index in [1.807, 2.05) is 38.1 Å². The number of rotatable bonds is 2. The molecule has 2 N–H and O–H groups in total. The zero-order valence-electron chi connectivity index (χ0n) is 20.5. The highest BCUT2D eigenvalue weighted by atomic mass is 16.5. The molecule has 6 heteroatoms. The van der Waals surface area contributed by atoms with Crippen molar-refractivity contribution in [3.05, 3.63) is 47.8 Å². The van der Waals surface area contributed by atoms with Crippen LogP contribution in [0.3, 0.4) is 0 Å². The highest BCUT2D eigenvalue weighted by Gasteiger charge is 2.42. The second-order valence-electron chi connectivity index (χ2n) is 9.91. The van der Waals surface area contributed by atoms with Crippen LogP contribution in [0.15, 0.2) is 42.3 Å². The lowest BCUT2D eigenvalue weighted by Crippen LogP contribution is -2.45. The molecule has 0 saturated carbocycles. The van der Waals surface area contributed by atoms with Gasteiger partial charge in [-0.05, 0) is 49.8 Å². The fourth-order valence-corrected chi connectivity index (χ4v) is 4.18. The molecular formula is C27H39NO5. The second-order valence-corrected chi connectivity index (χ2v) is 9.91. The van der Waals surface area contributed by atoms with Crippen molar-refractivity contribution in [2.24, 2.45) is 17.3 Å². The summed E-state index contributed by atoms with van der Waals surface area (Å²) in [6, 6.07) is 3.75. The molecule has 0 unspecified atom stereocenters. The molecule has 0 saturated heterocycles. The maximum Gasteiger partial charge on any atom is 0.309 e. The van der Waals surface area contributed by atoms with Crippen molar-refractivity contribution in [3.63, 3.8) is 0 Å². The van der Waals surface area contributed by atoms with Gasteiger partial charge in [-0.2, -0.15) is 0 Å². The molecule has 1 aliphatic rings. The van der Waals surface area contributed by atoms with Crippen LogP contribution in [0.2, 0.25) is 0 Å². The van der Waals surface area contributed by atoms with E-state index in [9.17, 15) is 19.8 Å². The van der Waals surface area contributed by atoms with E-state index in [1.165, 1.54) is 5.57 Å². The molecule has 0 aromatic carbocycles. The van der Waals surface area contributed by atoms with Crippen molar-refractivity contribution in [2.75, 3.05) is 0 Å². The van der Waals surface area contributed by atoms with Crippen LogP contribution in [-0.2, 0) is 14.3 Å². The quantitative estimate of drug-likeness (QED) is 0.501. The lowest BCUT2D eigenvalue weighted by Gasteiger charge is -2.34. The number of ketones is 1. The average molecular weight is 458 g/mol. The van der Waals surface area contributed by atoms with Gasteiger partial charge >= 0.3 is 5.97 Å². The van der Waals surface area contributed by atoms with Crippen LogP contribution >= 0.6 is 0 Å². The van der Waals surface area contributed by atoms with E-state index in [0.29, 0.717) is 6.42 Å². The van der Waals surface area contributed by atoms with Gasteiger partial charge in [0.1, 0.15) is 11.9 Å². The molecule has 1 aliphatic heterocycles. The Kier molecular flexibility index (Phi) is 9.99. The normalized spacial score (nSPS) is 32.2. The van der Waals surface area contributed by atoms with Gasteiger partial charge in [-0.3, -0.25) is 14.6 Å². The SMILES string of the molecule is C/C1=C\C[C@@H](C=Cc2cccnc2)OC(=O)C[C@H](O)C(C)(C)C(=O)[C@H](C)[C@@H](O)[C@@H](C)CCC1. The average Bonchev–Trinajstić information content (AvgIpc) is 2.79. The van der Waals surface area contributed by atoms with E-state index in [-0.39, 0.29) is 18.1 Å². The maximum absolute atomic E-state index is 13.1. The molecule has 182 valence electrons. The number of aliphatic hydroxyl groups is 2. The van der Waals surface area contributed by atoms with Gasteiger partial charge < -0.3 is 14.9 Å². The second kappa shape index (κ2) is 12.2. The minimum absolute atomic E-state index is 0.0438. The zero-order chi connectivity index (χ0) is 24.6. The predicted octanol–water partition coefficient (Wildman–Crippen LogP) is 4.51. The summed E-state index contributed by atoms with van der Waals surface area (Å²) in [4.78, 5) is 29.9. The number of aromatic nitrogens is 1. The minimum atomic E-state index is -1.21. The summed E-state index contributed by atoms with van der Waals surface area (Å²) in [5, 5.41) is 21.5. The zero-order valence-corrected chi connectivity index (χ0v) is 20.5. The number of pyridine rings is 1. The number of carbonyl (C=O) groups excluding carboxylic acids is 2. The number of nitrogens with zero attached hydrogens (tertiary/aromatic N) is 1. The van der Waals surface area contributed by atoms with Crippen LogP contribution < -0.4 is 0 Å². The van der Waals surface area contributed by atoms with Crippen LogP contribution in [-0.4, -0.2) is 45.3 Å². The topological polar surface area (TPSA) is 96.7 Å². The van der Waals surface area contributed by atoms with Crippen LogP contribution in [0.4, 0.5) is 0 Å². The fourth-order valence-electron chi connectivity index (χ4n) is 4.18. The van der Waals surface area contributed by atoms with Gasteiger partial charge in [0.25, 0.3) is 0 Å². The molecule has 0 aliphatic carbocycles.